The molecule has 6 rings (SSSR count). The van der Waals surface area contributed by atoms with E-state index in [1.165, 1.54) is 23.2 Å². The van der Waals surface area contributed by atoms with Gasteiger partial charge in [0.15, 0.2) is 0 Å². The van der Waals surface area contributed by atoms with Gasteiger partial charge in [-0.15, -0.1) is 0 Å². The SMILES string of the molecule is O=C(C1CC1)N1CCN(c2ccnc3[nH]c(-c4ccc(C5CCCOC5)cc4)cc23)CC1. The first-order chi connectivity index (χ1) is 15.8. The number of aromatic nitrogens is 2. The number of H-pyrrole nitrogens is 1. The van der Waals surface area contributed by atoms with E-state index in [1.807, 2.05) is 11.1 Å². The average molecular weight is 431 g/mol. The van der Waals surface area contributed by atoms with Gasteiger partial charge >= 0.3 is 0 Å². The summed E-state index contributed by atoms with van der Waals surface area (Å²) < 4.78 is 5.66. The van der Waals surface area contributed by atoms with E-state index in [0.29, 0.717) is 17.7 Å². The van der Waals surface area contributed by atoms with Crippen LogP contribution in [0, 0.1) is 5.92 Å². The van der Waals surface area contributed by atoms with E-state index in [9.17, 15) is 4.79 Å². The molecule has 2 saturated heterocycles. The number of nitrogens with zero attached hydrogens (tertiary/aromatic N) is 3. The van der Waals surface area contributed by atoms with Crippen molar-refractivity contribution in [2.45, 2.75) is 31.6 Å². The molecular formula is C26H30N4O2. The third-order valence-corrected chi connectivity index (χ3v) is 7.22. The average Bonchev–Trinajstić information content (AvgIpc) is 3.62. The number of hydrogen-bond acceptors (Lipinski definition) is 4. The Kier molecular flexibility index (Phi) is 5.10. The fraction of sp³-hybridized carbons (Fsp3) is 0.462. The molecule has 0 radical (unpaired) electrons. The first-order valence-corrected chi connectivity index (χ1v) is 12.0. The maximum Gasteiger partial charge on any atom is 0.225 e. The lowest BCUT2D eigenvalue weighted by Gasteiger charge is -2.36. The summed E-state index contributed by atoms with van der Waals surface area (Å²) in [6.45, 7) is 5.08. The number of carbonyl (C=O) groups is 1. The first-order valence-electron chi connectivity index (χ1n) is 12.0. The summed E-state index contributed by atoms with van der Waals surface area (Å²) >= 11 is 0. The Hall–Kier alpha value is -2.86. The van der Waals surface area contributed by atoms with E-state index >= 15 is 0 Å². The Morgan fingerprint density at radius 3 is 2.56 bits per heavy atom. The molecule has 1 saturated carbocycles. The molecular weight excluding hydrogens is 400 g/mol. The molecule has 3 aliphatic rings. The highest BCUT2D eigenvalue weighted by Gasteiger charge is 2.34. The van der Waals surface area contributed by atoms with Crippen molar-refractivity contribution in [3.8, 4) is 11.3 Å². The molecule has 2 aliphatic heterocycles. The number of aromatic amines is 1. The van der Waals surface area contributed by atoms with E-state index < -0.39 is 0 Å². The zero-order chi connectivity index (χ0) is 21.5. The van der Waals surface area contributed by atoms with Crippen LogP contribution < -0.4 is 4.90 Å². The highest BCUT2D eigenvalue weighted by Crippen LogP contribution is 2.34. The lowest BCUT2D eigenvalue weighted by molar-refractivity contribution is -0.132. The van der Waals surface area contributed by atoms with Gasteiger partial charge in [-0.25, -0.2) is 4.98 Å². The van der Waals surface area contributed by atoms with Gasteiger partial charge in [-0.1, -0.05) is 24.3 Å². The standard InChI is InChI=1S/C26H30N4O2/c31-26(20-7-8-20)30-13-11-29(12-14-30)24-9-10-27-25-22(24)16-23(28-25)19-5-3-18(4-6-19)21-2-1-15-32-17-21/h3-6,9-10,16,20-21H,1-2,7-8,11-15,17H2,(H,27,28). The number of amides is 1. The third-order valence-electron chi connectivity index (χ3n) is 7.22. The second-order valence-corrected chi connectivity index (χ2v) is 9.40. The molecule has 1 aliphatic carbocycles. The molecule has 4 heterocycles. The van der Waals surface area contributed by atoms with Crippen molar-refractivity contribution in [2.24, 2.45) is 5.92 Å². The topological polar surface area (TPSA) is 61.5 Å². The maximum absolute atomic E-state index is 12.4. The number of piperazine rings is 1. The van der Waals surface area contributed by atoms with Gasteiger partial charge < -0.3 is 19.5 Å². The van der Waals surface area contributed by atoms with Crippen LogP contribution in [-0.4, -0.2) is 60.2 Å². The third kappa shape index (κ3) is 3.77. The van der Waals surface area contributed by atoms with Crippen LogP contribution in [0.4, 0.5) is 5.69 Å². The van der Waals surface area contributed by atoms with Crippen LogP contribution in [0.2, 0.25) is 0 Å². The summed E-state index contributed by atoms with van der Waals surface area (Å²) in [5, 5.41) is 1.15. The van der Waals surface area contributed by atoms with Crippen LogP contribution in [-0.2, 0) is 9.53 Å². The van der Waals surface area contributed by atoms with Gasteiger partial charge in [-0.3, -0.25) is 4.79 Å². The predicted molar refractivity (Wildman–Crippen MR) is 126 cm³/mol. The molecule has 1 atom stereocenters. The number of rotatable bonds is 4. The van der Waals surface area contributed by atoms with E-state index in [0.717, 1.165) is 75.4 Å². The van der Waals surface area contributed by atoms with E-state index in [2.05, 4.69) is 51.3 Å². The van der Waals surface area contributed by atoms with Crippen LogP contribution in [0.1, 0.15) is 37.2 Å². The minimum absolute atomic E-state index is 0.304. The Balaban J connectivity index is 1.21. The van der Waals surface area contributed by atoms with Crippen LogP contribution in [0.15, 0.2) is 42.6 Å². The van der Waals surface area contributed by atoms with Gasteiger partial charge in [-0.2, -0.15) is 0 Å². The summed E-state index contributed by atoms with van der Waals surface area (Å²) in [6.07, 6.45) is 6.38. The van der Waals surface area contributed by atoms with Gasteiger partial charge in [0.05, 0.1) is 6.61 Å². The number of fused-ring (bicyclic) bond motifs is 1. The van der Waals surface area contributed by atoms with Crippen molar-refractivity contribution < 1.29 is 9.53 Å². The van der Waals surface area contributed by atoms with Crippen molar-refractivity contribution in [1.29, 1.82) is 0 Å². The van der Waals surface area contributed by atoms with Crippen molar-refractivity contribution in [3.63, 3.8) is 0 Å². The molecule has 6 nitrogen and oxygen atoms in total. The summed E-state index contributed by atoms with van der Waals surface area (Å²) in [7, 11) is 0. The van der Waals surface area contributed by atoms with Crippen molar-refractivity contribution in [1.82, 2.24) is 14.9 Å². The molecule has 166 valence electrons. The van der Waals surface area contributed by atoms with Gasteiger partial charge in [0.25, 0.3) is 0 Å². The fourth-order valence-electron chi connectivity index (χ4n) is 5.14. The van der Waals surface area contributed by atoms with Crippen molar-refractivity contribution >= 4 is 22.6 Å². The lowest BCUT2D eigenvalue weighted by Crippen LogP contribution is -2.49. The highest BCUT2D eigenvalue weighted by atomic mass is 16.5. The molecule has 0 spiro atoms. The van der Waals surface area contributed by atoms with Gasteiger partial charge in [0.2, 0.25) is 5.91 Å². The lowest BCUT2D eigenvalue weighted by atomic mass is 9.93. The number of pyridine rings is 1. The van der Waals surface area contributed by atoms with Crippen LogP contribution >= 0.6 is 0 Å². The minimum Gasteiger partial charge on any atom is -0.381 e. The molecule has 1 amide bonds. The summed E-state index contributed by atoms with van der Waals surface area (Å²) in [5.74, 6) is 1.18. The monoisotopic (exact) mass is 430 g/mol. The molecule has 1 unspecified atom stereocenters. The molecule has 6 heteroatoms. The quantitative estimate of drug-likeness (QED) is 0.675. The second-order valence-electron chi connectivity index (χ2n) is 9.40. The fourth-order valence-corrected chi connectivity index (χ4v) is 5.14. The first kappa shape index (κ1) is 19.8. The van der Waals surface area contributed by atoms with Crippen LogP contribution in [0.5, 0.6) is 0 Å². The summed E-state index contributed by atoms with van der Waals surface area (Å²) in [4.78, 5) is 24.9. The highest BCUT2D eigenvalue weighted by molar-refractivity contribution is 5.94. The predicted octanol–water partition coefficient (Wildman–Crippen LogP) is 4.18. The zero-order valence-electron chi connectivity index (χ0n) is 18.4. The van der Waals surface area contributed by atoms with E-state index in [-0.39, 0.29) is 0 Å². The maximum atomic E-state index is 12.4. The number of carbonyl (C=O) groups excluding carboxylic acids is 1. The smallest absolute Gasteiger partial charge is 0.225 e. The molecule has 2 aromatic heterocycles. The Bertz CT molecular complexity index is 1100. The summed E-state index contributed by atoms with van der Waals surface area (Å²) in [5.41, 5.74) is 5.75. The molecule has 1 N–H and O–H groups in total. The van der Waals surface area contributed by atoms with Gasteiger partial charge in [0.1, 0.15) is 5.65 Å². The molecule has 3 aromatic rings. The Morgan fingerprint density at radius 2 is 1.84 bits per heavy atom. The van der Waals surface area contributed by atoms with Crippen LogP contribution in [0.25, 0.3) is 22.3 Å². The molecule has 3 fully saturated rings. The van der Waals surface area contributed by atoms with Crippen molar-refractivity contribution in [2.75, 3.05) is 44.3 Å². The number of benzene rings is 1. The number of hydrogen-bond donors (Lipinski definition) is 1. The van der Waals surface area contributed by atoms with Crippen LogP contribution in [0.3, 0.4) is 0 Å². The van der Waals surface area contributed by atoms with E-state index in [1.54, 1.807) is 0 Å². The largest absolute Gasteiger partial charge is 0.381 e. The normalized spacial score (nSPS) is 21.8. The Morgan fingerprint density at radius 1 is 1.03 bits per heavy atom. The molecule has 32 heavy (non-hydrogen) atoms. The Labute approximate surface area is 188 Å². The summed E-state index contributed by atoms with van der Waals surface area (Å²) in [6, 6.07) is 13.2. The van der Waals surface area contributed by atoms with Gasteiger partial charge in [0, 0.05) is 67.6 Å². The van der Waals surface area contributed by atoms with E-state index in [4.69, 9.17) is 4.74 Å². The zero-order valence-corrected chi connectivity index (χ0v) is 18.4. The minimum atomic E-state index is 0.304. The second kappa shape index (κ2) is 8.24. The number of nitrogens with one attached hydrogen (secondary N) is 1. The van der Waals surface area contributed by atoms with Crippen molar-refractivity contribution in [3.05, 3.63) is 48.2 Å². The molecule has 1 aromatic carbocycles. The number of ether oxygens (including phenoxy) is 1. The molecule has 0 bridgehead atoms. The number of anilines is 1. The van der Waals surface area contributed by atoms with Gasteiger partial charge in [-0.05, 0) is 48.9 Å².